The zero-order valence-electron chi connectivity index (χ0n) is 15.3. The summed E-state index contributed by atoms with van der Waals surface area (Å²) >= 11 is 0. The van der Waals surface area contributed by atoms with Crippen molar-refractivity contribution in [1.82, 2.24) is 14.5 Å². The average Bonchev–Trinajstić information content (AvgIpc) is 2.99. The molecule has 4 nitrogen and oxygen atoms in total. The number of rotatable bonds is 4. The summed E-state index contributed by atoms with van der Waals surface area (Å²) in [6, 6.07) is 19.3. The van der Waals surface area contributed by atoms with E-state index in [0.717, 1.165) is 29.1 Å². The highest BCUT2D eigenvalue weighted by atomic mass is 15.1. The Bertz CT molecular complexity index is 1040. The summed E-state index contributed by atoms with van der Waals surface area (Å²) in [7, 11) is 2.05. The molecule has 0 unspecified atom stereocenters. The van der Waals surface area contributed by atoms with E-state index in [1.807, 2.05) is 7.05 Å². The lowest BCUT2D eigenvalue weighted by molar-refractivity contribution is 0.951. The van der Waals surface area contributed by atoms with Crippen molar-refractivity contribution in [1.29, 1.82) is 0 Å². The summed E-state index contributed by atoms with van der Waals surface area (Å²) < 4.78 is 2.12. The standard InChI is InChI=1S/C22H22N4/c1-15-4-8-17(9-5-15)13-23-21-19-12-20(18-10-6-16(2)7-11-18)26(3)22(19)25-14-24-21/h4-12,14H,13H2,1-3H3,(H,23,24,25). The summed E-state index contributed by atoms with van der Waals surface area (Å²) in [5.74, 6) is 0.865. The number of anilines is 1. The molecule has 0 aliphatic rings. The molecule has 0 radical (unpaired) electrons. The minimum atomic E-state index is 0.737. The molecule has 0 fully saturated rings. The first-order chi connectivity index (χ1) is 12.6. The highest BCUT2D eigenvalue weighted by Gasteiger charge is 2.13. The zero-order valence-corrected chi connectivity index (χ0v) is 15.3. The van der Waals surface area contributed by atoms with Crippen molar-refractivity contribution in [2.75, 3.05) is 5.32 Å². The number of nitrogens with one attached hydrogen (secondary N) is 1. The van der Waals surface area contributed by atoms with Gasteiger partial charge < -0.3 is 9.88 Å². The molecular weight excluding hydrogens is 320 g/mol. The maximum absolute atomic E-state index is 4.48. The van der Waals surface area contributed by atoms with E-state index in [0.29, 0.717) is 0 Å². The molecule has 4 heteroatoms. The van der Waals surface area contributed by atoms with E-state index in [1.54, 1.807) is 6.33 Å². The SMILES string of the molecule is Cc1ccc(CNc2ncnc3c2cc(-c2ccc(C)cc2)n3C)cc1. The Labute approximate surface area is 153 Å². The number of hydrogen-bond donors (Lipinski definition) is 1. The van der Waals surface area contributed by atoms with Crippen molar-refractivity contribution in [2.24, 2.45) is 7.05 Å². The second kappa shape index (κ2) is 6.64. The van der Waals surface area contributed by atoms with Gasteiger partial charge in [0.05, 0.1) is 11.1 Å². The predicted molar refractivity (Wildman–Crippen MR) is 107 cm³/mol. The summed E-state index contributed by atoms with van der Waals surface area (Å²) in [6.45, 7) is 4.94. The molecule has 0 bridgehead atoms. The van der Waals surface area contributed by atoms with Gasteiger partial charge in [0.1, 0.15) is 17.8 Å². The Kier molecular flexibility index (Phi) is 4.17. The van der Waals surface area contributed by atoms with Gasteiger partial charge in [0, 0.05) is 13.6 Å². The van der Waals surface area contributed by atoms with Gasteiger partial charge in [-0.25, -0.2) is 9.97 Å². The Hall–Kier alpha value is -3.14. The number of benzene rings is 2. The molecule has 4 aromatic rings. The van der Waals surface area contributed by atoms with Gasteiger partial charge in [0.2, 0.25) is 0 Å². The van der Waals surface area contributed by atoms with Gasteiger partial charge in [0.25, 0.3) is 0 Å². The Balaban J connectivity index is 1.68. The van der Waals surface area contributed by atoms with Gasteiger partial charge in [-0.2, -0.15) is 0 Å². The summed E-state index contributed by atoms with van der Waals surface area (Å²) in [4.78, 5) is 8.95. The van der Waals surface area contributed by atoms with Crippen molar-refractivity contribution in [2.45, 2.75) is 20.4 Å². The van der Waals surface area contributed by atoms with Gasteiger partial charge in [-0.05, 0) is 31.0 Å². The van der Waals surface area contributed by atoms with E-state index in [2.05, 4.69) is 88.3 Å². The molecule has 1 N–H and O–H groups in total. The van der Waals surface area contributed by atoms with Gasteiger partial charge in [-0.3, -0.25) is 0 Å². The van der Waals surface area contributed by atoms with E-state index < -0.39 is 0 Å². The van der Waals surface area contributed by atoms with Crippen LogP contribution in [0.15, 0.2) is 60.9 Å². The van der Waals surface area contributed by atoms with E-state index >= 15 is 0 Å². The first-order valence-electron chi connectivity index (χ1n) is 8.79. The topological polar surface area (TPSA) is 42.7 Å². The third-order valence-electron chi connectivity index (χ3n) is 4.75. The number of hydrogen-bond acceptors (Lipinski definition) is 3. The van der Waals surface area contributed by atoms with Crippen molar-refractivity contribution in [3.63, 3.8) is 0 Å². The van der Waals surface area contributed by atoms with Crippen LogP contribution in [0.5, 0.6) is 0 Å². The number of nitrogens with zero attached hydrogens (tertiary/aromatic N) is 3. The summed E-state index contributed by atoms with van der Waals surface area (Å²) in [6.07, 6.45) is 1.62. The highest BCUT2D eigenvalue weighted by Crippen LogP contribution is 2.29. The highest BCUT2D eigenvalue weighted by molar-refractivity contribution is 5.92. The van der Waals surface area contributed by atoms with Gasteiger partial charge in [0.15, 0.2) is 0 Å². The normalized spacial score (nSPS) is 11.0. The fraction of sp³-hybridized carbons (Fsp3) is 0.182. The summed E-state index contributed by atoms with van der Waals surface area (Å²) in [5.41, 5.74) is 7.01. The third-order valence-corrected chi connectivity index (χ3v) is 4.75. The Morgan fingerprint density at radius 3 is 2.23 bits per heavy atom. The van der Waals surface area contributed by atoms with Gasteiger partial charge in [-0.15, -0.1) is 0 Å². The van der Waals surface area contributed by atoms with Crippen LogP contribution in [0.3, 0.4) is 0 Å². The Morgan fingerprint density at radius 2 is 1.54 bits per heavy atom. The second-order valence-corrected chi connectivity index (χ2v) is 6.75. The minimum Gasteiger partial charge on any atom is -0.365 e. The average molecular weight is 342 g/mol. The molecule has 2 aromatic carbocycles. The molecule has 2 heterocycles. The van der Waals surface area contributed by atoms with Crippen molar-refractivity contribution >= 4 is 16.9 Å². The lowest BCUT2D eigenvalue weighted by atomic mass is 10.1. The second-order valence-electron chi connectivity index (χ2n) is 6.75. The molecule has 130 valence electrons. The Morgan fingerprint density at radius 1 is 0.885 bits per heavy atom. The van der Waals surface area contributed by atoms with Crippen LogP contribution in [0.2, 0.25) is 0 Å². The van der Waals surface area contributed by atoms with Crippen LogP contribution < -0.4 is 5.32 Å². The number of fused-ring (bicyclic) bond motifs is 1. The van der Waals surface area contributed by atoms with E-state index in [-0.39, 0.29) is 0 Å². The van der Waals surface area contributed by atoms with Crippen LogP contribution in [-0.4, -0.2) is 14.5 Å². The van der Waals surface area contributed by atoms with Gasteiger partial charge in [-0.1, -0.05) is 59.7 Å². The quantitative estimate of drug-likeness (QED) is 0.576. The van der Waals surface area contributed by atoms with Crippen LogP contribution in [0.4, 0.5) is 5.82 Å². The van der Waals surface area contributed by atoms with E-state index in [4.69, 9.17) is 0 Å². The van der Waals surface area contributed by atoms with Gasteiger partial charge >= 0.3 is 0 Å². The molecule has 0 spiro atoms. The van der Waals surface area contributed by atoms with Crippen LogP contribution in [0.1, 0.15) is 16.7 Å². The molecule has 0 amide bonds. The third kappa shape index (κ3) is 3.06. The largest absolute Gasteiger partial charge is 0.365 e. The van der Waals surface area contributed by atoms with Crippen LogP contribution in [0, 0.1) is 13.8 Å². The first-order valence-corrected chi connectivity index (χ1v) is 8.79. The summed E-state index contributed by atoms with van der Waals surface area (Å²) in [5, 5.41) is 4.50. The van der Waals surface area contributed by atoms with Crippen molar-refractivity contribution in [3.8, 4) is 11.3 Å². The molecule has 0 atom stereocenters. The molecule has 0 aliphatic carbocycles. The number of aromatic nitrogens is 3. The maximum atomic E-state index is 4.48. The predicted octanol–water partition coefficient (Wildman–Crippen LogP) is 4.86. The van der Waals surface area contributed by atoms with E-state index in [1.165, 1.54) is 22.3 Å². The minimum absolute atomic E-state index is 0.737. The molecule has 4 rings (SSSR count). The fourth-order valence-electron chi connectivity index (χ4n) is 3.17. The zero-order chi connectivity index (χ0) is 18.1. The molecule has 26 heavy (non-hydrogen) atoms. The van der Waals surface area contributed by atoms with Crippen LogP contribution in [0.25, 0.3) is 22.3 Å². The molecule has 0 saturated heterocycles. The fourth-order valence-corrected chi connectivity index (χ4v) is 3.17. The molecule has 0 aliphatic heterocycles. The number of aryl methyl sites for hydroxylation is 3. The maximum Gasteiger partial charge on any atom is 0.145 e. The molecule has 0 saturated carbocycles. The lowest BCUT2D eigenvalue weighted by Gasteiger charge is -2.07. The molecular formula is C22H22N4. The molecule has 2 aromatic heterocycles. The smallest absolute Gasteiger partial charge is 0.145 e. The van der Waals surface area contributed by atoms with Crippen LogP contribution in [-0.2, 0) is 13.6 Å². The van der Waals surface area contributed by atoms with Crippen molar-refractivity contribution in [3.05, 3.63) is 77.6 Å². The van der Waals surface area contributed by atoms with Crippen molar-refractivity contribution < 1.29 is 0 Å². The van der Waals surface area contributed by atoms with Crippen LogP contribution >= 0.6 is 0 Å². The lowest BCUT2D eigenvalue weighted by Crippen LogP contribution is -2.02. The van der Waals surface area contributed by atoms with E-state index in [9.17, 15) is 0 Å². The first kappa shape index (κ1) is 16.3. The monoisotopic (exact) mass is 342 g/mol.